The third-order valence-electron chi connectivity index (χ3n) is 2.48. The van der Waals surface area contributed by atoms with Crippen molar-refractivity contribution in [3.8, 4) is 0 Å². The molecule has 17 heavy (non-hydrogen) atoms. The summed E-state index contributed by atoms with van der Waals surface area (Å²) in [5.41, 5.74) is 0.547. The fourth-order valence-electron chi connectivity index (χ4n) is 1.67. The lowest BCUT2D eigenvalue weighted by molar-refractivity contribution is -0.142. The van der Waals surface area contributed by atoms with E-state index < -0.39 is 5.79 Å². The predicted octanol–water partition coefficient (Wildman–Crippen LogP) is 1.99. The van der Waals surface area contributed by atoms with Crippen molar-refractivity contribution in [3.63, 3.8) is 0 Å². The quantitative estimate of drug-likeness (QED) is 0.753. The van der Waals surface area contributed by atoms with E-state index in [4.69, 9.17) is 14.2 Å². The Bertz CT molecular complexity index is 386. The second-order valence-corrected chi connectivity index (χ2v) is 4.42. The molecule has 0 amide bonds. The Balaban J connectivity index is 1.82. The molecular formula is C13H16O4. The zero-order valence-electron chi connectivity index (χ0n) is 10.0. The van der Waals surface area contributed by atoms with Crippen LogP contribution in [0.3, 0.4) is 0 Å². The topological polar surface area (TPSA) is 44.8 Å². The van der Waals surface area contributed by atoms with Crippen LogP contribution < -0.4 is 0 Å². The molecule has 0 aromatic heterocycles. The zero-order valence-corrected chi connectivity index (χ0v) is 10.0. The van der Waals surface area contributed by atoms with Crippen molar-refractivity contribution in [1.82, 2.24) is 0 Å². The third kappa shape index (κ3) is 3.28. The van der Waals surface area contributed by atoms with E-state index >= 15 is 0 Å². The molecule has 1 saturated heterocycles. The lowest BCUT2D eigenvalue weighted by Crippen LogP contribution is -2.25. The SMILES string of the molecule is CC1(C)OC[C@@H](COC(=O)c2ccccc2)O1. The van der Waals surface area contributed by atoms with Crippen LogP contribution in [0.5, 0.6) is 0 Å². The molecule has 0 saturated carbocycles. The Labute approximate surface area is 100 Å². The highest BCUT2D eigenvalue weighted by molar-refractivity contribution is 5.89. The first kappa shape index (κ1) is 12.1. The Kier molecular flexibility index (Phi) is 3.45. The number of carbonyl (C=O) groups excluding carboxylic acids is 1. The van der Waals surface area contributed by atoms with E-state index in [1.54, 1.807) is 24.3 Å². The van der Waals surface area contributed by atoms with Crippen LogP contribution >= 0.6 is 0 Å². The van der Waals surface area contributed by atoms with E-state index in [9.17, 15) is 4.79 Å². The van der Waals surface area contributed by atoms with Crippen molar-refractivity contribution in [2.24, 2.45) is 0 Å². The van der Waals surface area contributed by atoms with Crippen LogP contribution in [0.4, 0.5) is 0 Å². The molecule has 2 rings (SSSR count). The lowest BCUT2D eigenvalue weighted by Gasteiger charge is -2.16. The van der Waals surface area contributed by atoms with Gasteiger partial charge in [-0.3, -0.25) is 0 Å². The van der Waals surface area contributed by atoms with Crippen LogP contribution in [-0.2, 0) is 14.2 Å². The number of ether oxygens (including phenoxy) is 3. The van der Waals surface area contributed by atoms with E-state index in [1.807, 2.05) is 19.9 Å². The van der Waals surface area contributed by atoms with E-state index in [1.165, 1.54) is 0 Å². The third-order valence-corrected chi connectivity index (χ3v) is 2.48. The first-order valence-corrected chi connectivity index (χ1v) is 5.61. The molecule has 0 spiro atoms. The fraction of sp³-hybridized carbons (Fsp3) is 0.462. The van der Waals surface area contributed by atoms with E-state index in [2.05, 4.69) is 0 Å². The van der Waals surface area contributed by atoms with Crippen LogP contribution in [0, 0.1) is 0 Å². The van der Waals surface area contributed by atoms with Gasteiger partial charge in [0.2, 0.25) is 0 Å². The molecule has 0 unspecified atom stereocenters. The molecule has 1 fully saturated rings. The molecule has 1 aromatic rings. The highest BCUT2D eigenvalue weighted by Crippen LogP contribution is 2.22. The highest BCUT2D eigenvalue weighted by Gasteiger charge is 2.33. The summed E-state index contributed by atoms with van der Waals surface area (Å²) >= 11 is 0. The Morgan fingerprint density at radius 2 is 2.12 bits per heavy atom. The molecule has 0 radical (unpaired) electrons. The van der Waals surface area contributed by atoms with Crippen molar-refractivity contribution in [2.75, 3.05) is 13.2 Å². The van der Waals surface area contributed by atoms with Gasteiger partial charge in [0.15, 0.2) is 5.79 Å². The van der Waals surface area contributed by atoms with Crippen molar-refractivity contribution in [2.45, 2.75) is 25.7 Å². The minimum Gasteiger partial charge on any atom is -0.459 e. The van der Waals surface area contributed by atoms with Crippen molar-refractivity contribution in [3.05, 3.63) is 35.9 Å². The molecular weight excluding hydrogens is 220 g/mol. The van der Waals surface area contributed by atoms with Gasteiger partial charge in [-0.15, -0.1) is 0 Å². The van der Waals surface area contributed by atoms with Gasteiger partial charge in [-0.25, -0.2) is 4.79 Å². The molecule has 0 bridgehead atoms. The largest absolute Gasteiger partial charge is 0.459 e. The molecule has 1 aromatic carbocycles. The molecule has 4 nitrogen and oxygen atoms in total. The maximum Gasteiger partial charge on any atom is 0.338 e. The summed E-state index contributed by atoms with van der Waals surface area (Å²) in [6.45, 7) is 4.35. The maximum absolute atomic E-state index is 11.6. The van der Waals surface area contributed by atoms with Gasteiger partial charge in [0.25, 0.3) is 0 Å². The number of benzene rings is 1. The summed E-state index contributed by atoms with van der Waals surface area (Å²) in [6, 6.07) is 8.90. The smallest absolute Gasteiger partial charge is 0.338 e. The summed E-state index contributed by atoms with van der Waals surface area (Å²) in [7, 11) is 0. The molecule has 1 heterocycles. The van der Waals surface area contributed by atoms with Gasteiger partial charge in [-0.05, 0) is 26.0 Å². The average molecular weight is 236 g/mol. The van der Waals surface area contributed by atoms with Gasteiger partial charge in [-0.2, -0.15) is 0 Å². The van der Waals surface area contributed by atoms with Crippen LogP contribution in [0.1, 0.15) is 24.2 Å². The number of hydrogen-bond donors (Lipinski definition) is 0. The average Bonchev–Trinajstić information content (AvgIpc) is 2.67. The molecule has 4 heteroatoms. The number of carbonyl (C=O) groups is 1. The van der Waals surface area contributed by atoms with E-state index in [-0.39, 0.29) is 18.7 Å². The summed E-state index contributed by atoms with van der Waals surface area (Å²) in [5, 5.41) is 0. The Morgan fingerprint density at radius 1 is 1.41 bits per heavy atom. The van der Waals surface area contributed by atoms with Crippen molar-refractivity contribution < 1.29 is 19.0 Å². The molecule has 1 atom stereocenters. The second kappa shape index (κ2) is 4.85. The minimum atomic E-state index is -0.580. The molecule has 0 N–H and O–H groups in total. The van der Waals surface area contributed by atoms with Gasteiger partial charge in [-0.1, -0.05) is 18.2 Å². The maximum atomic E-state index is 11.6. The molecule has 0 aliphatic carbocycles. The first-order valence-electron chi connectivity index (χ1n) is 5.61. The normalized spacial score (nSPS) is 22.4. The molecule has 1 aliphatic heterocycles. The van der Waals surface area contributed by atoms with Crippen LogP contribution in [0.25, 0.3) is 0 Å². The summed E-state index contributed by atoms with van der Waals surface area (Å²) in [5.74, 6) is -0.914. The summed E-state index contributed by atoms with van der Waals surface area (Å²) in [4.78, 5) is 11.6. The van der Waals surface area contributed by atoms with Gasteiger partial charge < -0.3 is 14.2 Å². The van der Waals surface area contributed by atoms with Gasteiger partial charge in [0, 0.05) is 0 Å². The summed E-state index contributed by atoms with van der Waals surface area (Å²) in [6.07, 6.45) is -0.183. The number of esters is 1. The summed E-state index contributed by atoms with van der Waals surface area (Å²) < 4.78 is 16.1. The molecule has 1 aliphatic rings. The predicted molar refractivity (Wildman–Crippen MR) is 61.6 cm³/mol. The number of hydrogen-bond acceptors (Lipinski definition) is 4. The second-order valence-electron chi connectivity index (χ2n) is 4.42. The molecule has 92 valence electrons. The standard InChI is InChI=1S/C13H16O4/c1-13(2)16-9-11(17-13)8-15-12(14)10-6-4-3-5-7-10/h3-7,11H,8-9H2,1-2H3/t11-/m1/s1. The van der Waals surface area contributed by atoms with Crippen LogP contribution in [-0.4, -0.2) is 31.1 Å². The van der Waals surface area contributed by atoms with E-state index in [0.717, 1.165) is 0 Å². The minimum absolute atomic E-state index is 0.183. The Morgan fingerprint density at radius 3 is 2.71 bits per heavy atom. The van der Waals surface area contributed by atoms with Gasteiger partial charge in [0.05, 0.1) is 12.2 Å². The lowest BCUT2D eigenvalue weighted by atomic mass is 10.2. The van der Waals surface area contributed by atoms with Crippen LogP contribution in [0.15, 0.2) is 30.3 Å². The van der Waals surface area contributed by atoms with Gasteiger partial charge >= 0.3 is 5.97 Å². The highest BCUT2D eigenvalue weighted by atomic mass is 16.7. The van der Waals surface area contributed by atoms with E-state index in [0.29, 0.717) is 12.2 Å². The van der Waals surface area contributed by atoms with Crippen LogP contribution in [0.2, 0.25) is 0 Å². The monoisotopic (exact) mass is 236 g/mol. The number of rotatable bonds is 3. The van der Waals surface area contributed by atoms with Crippen molar-refractivity contribution in [1.29, 1.82) is 0 Å². The zero-order chi connectivity index (χ0) is 12.3. The first-order chi connectivity index (χ1) is 8.07. The van der Waals surface area contributed by atoms with Crippen molar-refractivity contribution >= 4 is 5.97 Å². The van der Waals surface area contributed by atoms with Gasteiger partial charge in [0.1, 0.15) is 12.7 Å². The Hall–Kier alpha value is -1.39. The fourth-order valence-corrected chi connectivity index (χ4v) is 1.67.